The van der Waals surface area contributed by atoms with Crippen molar-refractivity contribution < 1.29 is 9.47 Å². The van der Waals surface area contributed by atoms with Crippen molar-refractivity contribution in [2.75, 3.05) is 19.5 Å². The van der Waals surface area contributed by atoms with Gasteiger partial charge in [-0.1, -0.05) is 30.3 Å². The quantitative estimate of drug-likeness (QED) is 0.408. The molecule has 33 heavy (non-hydrogen) atoms. The minimum atomic E-state index is 0.505. The number of benzene rings is 2. The second-order valence-electron chi connectivity index (χ2n) is 7.45. The first-order valence-corrected chi connectivity index (χ1v) is 10.4. The van der Waals surface area contributed by atoms with Gasteiger partial charge in [0.15, 0.2) is 17.4 Å². The highest BCUT2D eigenvalue weighted by Crippen LogP contribution is 2.31. The number of anilines is 2. The van der Waals surface area contributed by atoms with E-state index >= 15 is 0 Å². The van der Waals surface area contributed by atoms with Gasteiger partial charge >= 0.3 is 0 Å². The first-order valence-electron chi connectivity index (χ1n) is 10.4. The van der Waals surface area contributed by atoms with Crippen molar-refractivity contribution >= 4 is 22.5 Å². The van der Waals surface area contributed by atoms with Crippen LogP contribution in [0.5, 0.6) is 11.5 Å². The molecule has 1 N–H and O–H groups in total. The van der Waals surface area contributed by atoms with Gasteiger partial charge in [-0.2, -0.15) is 10.2 Å². The summed E-state index contributed by atoms with van der Waals surface area (Å²) < 4.78 is 14.4. The smallest absolute Gasteiger partial charge is 0.183 e. The van der Waals surface area contributed by atoms with Gasteiger partial charge in [0.05, 0.1) is 38.7 Å². The summed E-state index contributed by atoms with van der Waals surface area (Å²) in [6, 6.07) is 17.9. The molecule has 0 radical (unpaired) electrons. The average Bonchev–Trinajstić information content (AvgIpc) is 3.43. The van der Waals surface area contributed by atoms with E-state index in [9.17, 15) is 0 Å². The van der Waals surface area contributed by atoms with Crippen LogP contribution in [0.3, 0.4) is 0 Å². The van der Waals surface area contributed by atoms with Gasteiger partial charge in [-0.15, -0.1) is 0 Å². The second kappa shape index (κ2) is 8.62. The predicted molar refractivity (Wildman–Crippen MR) is 126 cm³/mol. The molecule has 5 rings (SSSR count). The molecule has 0 atom stereocenters. The van der Waals surface area contributed by atoms with Gasteiger partial charge in [-0.05, 0) is 23.8 Å². The fourth-order valence-corrected chi connectivity index (χ4v) is 3.66. The fraction of sp³-hybridized carbons (Fsp3) is 0.167. The fourth-order valence-electron chi connectivity index (χ4n) is 3.66. The lowest BCUT2D eigenvalue weighted by Crippen LogP contribution is -2.05. The molecular weight excluding hydrogens is 418 g/mol. The summed E-state index contributed by atoms with van der Waals surface area (Å²) >= 11 is 0. The minimum absolute atomic E-state index is 0.505. The molecule has 5 aromatic rings. The van der Waals surface area contributed by atoms with E-state index in [-0.39, 0.29) is 0 Å². The molecule has 0 saturated carbocycles. The lowest BCUT2D eigenvalue weighted by atomic mass is 10.2. The maximum Gasteiger partial charge on any atom is 0.183 e. The van der Waals surface area contributed by atoms with E-state index in [2.05, 4.69) is 15.4 Å². The van der Waals surface area contributed by atoms with Gasteiger partial charge in [0.25, 0.3) is 0 Å². The Morgan fingerprint density at radius 1 is 0.970 bits per heavy atom. The van der Waals surface area contributed by atoms with Crippen molar-refractivity contribution in [2.45, 2.75) is 6.54 Å². The number of methoxy groups -OCH3 is 2. The van der Waals surface area contributed by atoms with E-state index in [4.69, 9.17) is 19.6 Å². The molecule has 3 aromatic heterocycles. The number of rotatable bonds is 7. The Balaban J connectivity index is 1.55. The van der Waals surface area contributed by atoms with Crippen molar-refractivity contribution in [2.24, 2.45) is 7.05 Å². The summed E-state index contributed by atoms with van der Waals surface area (Å²) in [7, 11) is 5.10. The standard InChI is InChI=1S/C24H23N7O2/c1-30-21(12-13-26-30)27-23-20(33-3)14-25-24(28-23)22-18-6-4-5-7-19(18)31(29-22)15-16-8-10-17(32-2)11-9-16/h4-14H,15H2,1-3H3,(H,25,27,28). The van der Waals surface area contributed by atoms with Crippen molar-refractivity contribution in [3.63, 3.8) is 0 Å². The SMILES string of the molecule is COc1ccc(Cn2nc(-c3ncc(OC)c(Nc4ccnn4C)n3)c3ccccc32)cc1. The van der Waals surface area contributed by atoms with Crippen molar-refractivity contribution in [3.05, 3.63) is 72.6 Å². The molecule has 166 valence electrons. The summed E-state index contributed by atoms with van der Waals surface area (Å²) in [4.78, 5) is 9.28. The molecule has 0 unspecified atom stereocenters. The third kappa shape index (κ3) is 3.96. The van der Waals surface area contributed by atoms with E-state index in [1.165, 1.54) is 0 Å². The van der Waals surface area contributed by atoms with Crippen molar-refractivity contribution in [3.8, 4) is 23.0 Å². The number of ether oxygens (including phenoxy) is 2. The Morgan fingerprint density at radius 2 is 1.79 bits per heavy atom. The summed E-state index contributed by atoms with van der Waals surface area (Å²) in [6.45, 7) is 0.612. The zero-order valence-corrected chi connectivity index (χ0v) is 18.6. The molecule has 9 nitrogen and oxygen atoms in total. The van der Waals surface area contributed by atoms with Crippen molar-refractivity contribution in [1.29, 1.82) is 0 Å². The van der Waals surface area contributed by atoms with Gasteiger partial charge in [0, 0.05) is 18.5 Å². The van der Waals surface area contributed by atoms with E-state index < -0.39 is 0 Å². The molecule has 3 heterocycles. The van der Waals surface area contributed by atoms with Crippen LogP contribution < -0.4 is 14.8 Å². The minimum Gasteiger partial charge on any atom is -0.497 e. The van der Waals surface area contributed by atoms with Crippen LogP contribution in [-0.2, 0) is 13.6 Å². The summed E-state index contributed by atoms with van der Waals surface area (Å²) in [5, 5.41) is 13.3. The Bertz CT molecular complexity index is 1410. The highest BCUT2D eigenvalue weighted by Gasteiger charge is 2.17. The van der Waals surface area contributed by atoms with E-state index in [1.54, 1.807) is 31.3 Å². The predicted octanol–water partition coefficient (Wildman–Crippen LogP) is 4.04. The van der Waals surface area contributed by atoms with Crippen LogP contribution in [0.15, 0.2) is 67.0 Å². The molecule has 0 bridgehead atoms. The molecular formula is C24H23N7O2. The largest absolute Gasteiger partial charge is 0.497 e. The van der Waals surface area contributed by atoms with Crippen LogP contribution in [0.2, 0.25) is 0 Å². The Kier molecular flexibility index (Phi) is 5.35. The molecule has 0 fully saturated rings. The van der Waals surface area contributed by atoms with Crippen LogP contribution in [0.1, 0.15) is 5.56 Å². The maximum absolute atomic E-state index is 5.46. The summed E-state index contributed by atoms with van der Waals surface area (Å²) in [5.74, 6) is 3.18. The zero-order chi connectivity index (χ0) is 22.8. The van der Waals surface area contributed by atoms with E-state index in [0.29, 0.717) is 29.6 Å². The summed E-state index contributed by atoms with van der Waals surface area (Å²) in [5.41, 5.74) is 2.82. The molecule has 0 amide bonds. The third-order valence-electron chi connectivity index (χ3n) is 5.40. The van der Waals surface area contributed by atoms with E-state index in [0.717, 1.165) is 28.0 Å². The lowest BCUT2D eigenvalue weighted by molar-refractivity contribution is 0.413. The average molecular weight is 441 g/mol. The number of hydrogen-bond donors (Lipinski definition) is 1. The van der Waals surface area contributed by atoms with Crippen molar-refractivity contribution in [1.82, 2.24) is 29.5 Å². The van der Waals surface area contributed by atoms with Gasteiger partial charge in [-0.25, -0.2) is 9.97 Å². The molecule has 0 saturated heterocycles. The molecule has 0 aliphatic heterocycles. The molecule has 9 heteroatoms. The third-order valence-corrected chi connectivity index (χ3v) is 5.40. The highest BCUT2D eigenvalue weighted by molar-refractivity contribution is 5.92. The van der Waals surface area contributed by atoms with Gasteiger partial charge < -0.3 is 14.8 Å². The number of aryl methyl sites for hydroxylation is 1. The number of nitrogens with one attached hydrogen (secondary N) is 1. The first kappa shape index (κ1) is 20.5. The van der Waals surface area contributed by atoms with Gasteiger partial charge in [0.1, 0.15) is 17.3 Å². The first-order chi connectivity index (χ1) is 16.2. The molecule has 0 aliphatic carbocycles. The normalized spacial score (nSPS) is 11.0. The number of fused-ring (bicyclic) bond motifs is 1. The van der Waals surface area contributed by atoms with Gasteiger partial charge in [0.2, 0.25) is 0 Å². The van der Waals surface area contributed by atoms with Crippen LogP contribution >= 0.6 is 0 Å². The Hall–Kier alpha value is -4.40. The topological polar surface area (TPSA) is 91.9 Å². The monoisotopic (exact) mass is 441 g/mol. The Labute approximate surface area is 190 Å². The van der Waals surface area contributed by atoms with Crippen LogP contribution in [-0.4, -0.2) is 43.7 Å². The highest BCUT2D eigenvalue weighted by atomic mass is 16.5. The molecule has 0 aliphatic rings. The van der Waals surface area contributed by atoms with Gasteiger partial charge in [-0.3, -0.25) is 9.36 Å². The number of hydrogen-bond acceptors (Lipinski definition) is 7. The van der Waals surface area contributed by atoms with Crippen LogP contribution in [0, 0.1) is 0 Å². The number of para-hydroxylation sites is 1. The Morgan fingerprint density at radius 3 is 2.52 bits per heavy atom. The summed E-state index contributed by atoms with van der Waals surface area (Å²) in [6.07, 6.45) is 3.36. The molecule has 0 spiro atoms. The van der Waals surface area contributed by atoms with Crippen LogP contribution in [0.4, 0.5) is 11.6 Å². The maximum atomic E-state index is 5.46. The second-order valence-corrected chi connectivity index (χ2v) is 7.45. The lowest BCUT2D eigenvalue weighted by Gasteiger charge is -2.10. The molecule has 2 aromatic carbocycles. The number of nitrogens with zero attached hydrogens (tertiary/aromatic N) is 6. The van der Waals surface area contributed by atoms with E-state index in [1.807, 2.05) is 66.3 Å². The number of aromatic nitrogens is 6. The zero-order valence-electron chi connectivity index (χ0n) is 18.6. The van der Waals surface area contributed by atoms with Crippen LogP contribution in [0.25, 0.3) is 22.4 Å².